The Bertz CT molecular complexity index is 1320. The van der Waals surface area contributed by atoms with E-state index in [4.69, 9.17) is 10.5 Å². The number of benzene rings is 3. The van der Waals surface area contributed by atoms with Gasteiger partial charge in [0.2, 0.25) is 9.84 Å². The molecule has 3 aromatic carbocycles. The Labute approximate surface area is 212 Å². The van der Waals surface area contributed by atoms with Crippen molar-refractivity contribution in [2.24, 2.45) is 0 Å². The summed E-state index contributed by atoms with van der Waals surface area (Å²) in [5, 5.41) is 9.38. The molecule has 3 aromatic rings. The van der Waals surface area contributed by atoms with Crippen molar-refractivity contribution in [3.63, 3.8) is 0 Å². The van der Waals surface area contributed by atoms with Gasteiger partial charge < -0.3 is 10.5 Å². The lowest BCUT2D eigenvalue weighted by atomic mass is 9.93. The van der Waals surface area contributed by atoms with Gasteiger partial charge in [-0.2, -0.15) is 0 Å². The van der Waals surface area contributed by atoms with E-state index in [0.717, 1.165) is 25.2 Å². The Hall–Kier alpha value is -3.40. The zero-order chi connectivity index (χ0) is 26.5. The highest BCUT2D eigenvalue weighted by Gasteiger charge is 2.27. The summed E-state index contributed by atoms with van der Waals surface area (Å²) in [4.78, 5) is 14.7. The van der Waals surface area contributed by atoms with Crippen LogP contribution in [0.4, 0.5) is 5.69 Å². The monoisotopic (exact) mass is 511 g/mol. The van der Waals surface area contributed by atoms with Gasteiger partial charge in [0.15, 0.2) is 0 Å². The molecule has 0 radical (unpaired) electrons. The van der Waals surface area contributed by atoms with Gasteiger partial charge in [-0.1, -0.05) is 38.1 Å². The first kappa shape index (κ1) is 27.2. The molecule has 4 N–H and O–H groups in total. The summed E-state index contributed by atoms with van der Waals surface area (Å²) in [5.41, 5.74) is 11.2. The normalized spacial score (nSPS) is 11.5. The van der Waals surface area contributed by atoms with Gasteiger partial charge in [0.1, 0.15) is 5.75 Å². The second-order valence-electron chi connectivity index (χ2n) is 8.51. The molecule has 192 valence electrons. The molecule has 3 rings (SSSR count). The quantitative estimate of drug-likeness (QED) is 0.214. The molecule has 0 aromatic heterocycles. The zero-order valence-electron chi connectivity index (χ0n) is 21.0. The number of hydroxylamine groups is 1. The number of nitrogen functional groups attached to an aromatic ring is 1. The summed E-state index contributed by atoms with van der Waals surface area (Å²) in [6.07, 6.45) is 0.340. The summed E-state index contributed by atoms with van der Waals surface area (Å²) in [7, 11) is -2.55. The minimum Gasteiger partial charge on any atom is -0.497 e. The van der Waals surface area contributed by atoms with Crippen molar-refractivity contribution in [3.05, 3.63) is 82.4 Å². The van der Waals surface area contributed by atoms with Crippen molar-refractivity contribution in [2.45, 2.75) is 43.5 Å². The van der Waals surface area contributed by atoms with Crippen LogP contribution in [-0.4, -0.2) is 44.6 Å². The maximum Gasteiger partial charge on any atom is 0.274 e. The lowest BCUT2D eigenvalue weighted by Crippen LogP contribution is -2.23. The largest absolute Gasteiger partial charge is 0.497 e. The van der Waals surface area contributed by atoms with Crippen LogP contribution in [0.2, 0.25) is 0 Å². The van der Waals surface area contributed by atoms with Gasteiger partial charge in [-0.3, -0.25) is 14.9 Å². The van der Waals surface area contributed by atoms with Crippen LogP contribution in [0.5, 0.6) is 5.75 Å². The number of rotatable bonds is 10. The Morgan fingerprint density at radius 1 is 1.03 bits per heavy atom. The number of nitrogens with one attached hydrogen (secondary N) is 1. The van der Waals surface area contributed by atoms with E-state index in [1.165, 1.54) is 43.0 Å². The highest BCUT2D eigenvalue weighted by molar-refractivity contribution is 7.91. The van der Waals surface area contributed by atoms with Crippen molar-refractivity contribution < 1.29 is 23.2 Å². The maximum atomic E-state index is 13.4. The Balaban J connectivity index is 2.03. The number of hydrogen-bond acceptors (Lipinski definition) is 7. The van der Waals surface area contributed by atoms with Gasteiger partial charge in [0.05, 0.1) is 22.6 Å². The van der Waals surface area contributed by atoms with E-state index in [0.29, 0.717) is 23.3 Å². The second-order valence-corrected chi connectivity index (χ2v) is 10.4. The molecule has 0 bridgehead atoms. The average molecular weight is 512 g/mol. The van der Waals surface area contributed by atoms with Gasteiger partial charge in [0.25, 0.3) is 5.91 Å². The fourth-order valence-electron chi connectivity index (χ4n) is 4.11. The number of nitrogens with zero attached hydrogens (tertiary/aromatic N) is 1. The van der Waals surface area contributed by atoms with Crippen molar-refractivity contribution in [1.82, 2.24) is 10.4 Å². The number of carbonyl (C=O) groups is 1. The molecule has 0 atom stereocenters. The molecule has 1 amide bonds. The second kappa shape index (κ2) is 11.6. The lowest BCUT2D eigenvalue weighted by Gasteiger charge is -2.19. The van der Waals surface area contributed by atoms with Gasteiger partial charge in [-0.15, -0.1) is 0 Å². The van der Waals surface area contributed by atoms with E-state index < -0.39 is 15.7 Å². The first-order valence-corrected chi connectivity index (χ1v) is 13.2. The van der Waals surface area contributed by atoms with Crippen molar-refractivity contribution in [3.8, 4) is 5.75 Å². The predicted molar refractivity (Wildman–Crippen MR) is 139 cm³/mol. The molecule has 0 aliphatic carbocycles. The summed E-state index contributed by atoms with van der Waals surface area (Å²) in [5.74, 6) is -0.297. The Morgan fingerprint density at radius 2 is 1.61 bits per heavy atom. The van der Waals surface area contributed by atoms with Crippen LogP contribution in [0.15, 0.2) is 64.4 Å². The fourth-order valence-corrected chi connectivity index (χ4v) is 5.58. The average Bonchev–Trinajstić information content (AvgIpc) is 2.90. The van der Waals surface area contributed by atoms with E-state index >= 15 is 0 Å². The third-order valence-corrected chi connectivity index (χ3v) is 8.24. The summed E-state index contributed by atoms with van der Waals surface area (Å²) in [6, 6.07) is 15.2. The predicted octanol–water partition coefficient (Wildman–Crippen LogP) is 3.97. The molecule has 9 heteroatoms. The SMILES string of the molecule is CCN(CC)Cc1ccc(Cc2c(C(=O)NO)cc(S(=O)(=O)c3ccc(OC)cc3)c(N)c2C)cc1. The van der Waals surface area contributed by atoms with Crippen LogP contribution in [0.1, 0.15) is 46.5 Å². The number of nitrogens with two attached hydrogens (primary N) is 1. The zero-order valence-corrected chi connectivity index (χ0v) is 21.9. The molecule has 0 fully saturated rings. The molecule has 0 spiro atoms. The van der Waals surface area contributed by atoms with Gasteiger partial charge >= 0.3 is 0 Å². The molecule has 8 nitrogen and oxygen atoms in total. The van der Waals surface area contributed by atoms with Gasteiger partial charge in [-0.05, 0) is 79.0 Å². The number of ether oxygens (including phenoxy) is 1. The van der Waals surface area contributed by atoms with E-state index in [2.05, 4.69) is 18.7 Å². The van der Waals surface area contributed by atoms with Crippen molar-refractivity contribution in [1.29, 1.82) is 0 Å². The molecular formula is C27H33N3O5S. The van der Waals surface area contributed by atoms with E-state index in [1.807, 2.05) is 24.3 Å². The lowest BCUT2D eigenvalue weighted by molar-refractivity contribution is 0.0705. The highest BCUT2D eigenvalue weighted by Crippen LogP contribution is 2.34. The third kappa shape index (κ3) is 5.70. The number of methoxy groups -OCH3 is 1. The minimum atomic E-state index is -4.04. The van der Waals surface area contributed by atoms with E-state index in [1.54, 1.807) is 12.4 Å². The Kier molecular flexibility index (Phi) is 8.73. The van der Waals surface area contributed by atoms with Gasteiger partial charge in [-0.25, -0.2) is 13.9 Å². The molecule has 36 heavy (non-hydrogen) atoms. The summed E-state index contributed by atoms with van der Waals surface area (Å²) in [6.45, 7) is 8.69. The topological polar surface area (TPSA) is 122 Å². The van der Waals surface area contributed by atoms with Crippen LogP contribution in [0.25, 0.3) is 0 Å². The molecule has 0 unspecified atom stereocenters. The van der Waals surface area contributed by atoms with Crippen LogP contribution < -0.4 is 16.0 Å². The van der Waals surface area contributed by atoms with E-state index in [9.17, 15) is 18.4 Å². The number of hydrogen-bond donors (Lipinski definition) is 3. The van der Waals surface area contributed by atoms with Crippen molar-refractivity contribution in [2.75, 3.05) is 25.9 Å². The van der Waals surface area contributed by atoms with Crippen LogP contribution >= 0.6 is 0 Å². The molecular weight excluding hydrogens is 478 g/mol. The number of anilines is 1. The molecule has 0 aliphatic heterocycles. The molecule has 0 saturated carbocycles. The Morgan fingerprint density at radius 3 is 2.14 bits per heavy atom. The highest BCUT2D eigenvalue weighted by atomic mass is 32.2. The standard InChI is InChI=1S/C27H33N3O5S/c1-5-30(6-2)17-20-9-7-19(8-10-20)15-23-18(3)26(28)25(16-24(23)27(31)29-32)36(33,34)22-13-11-21(35-4)12-14-22/h7-14,16,32H,5-6,15,17,28H2,1-4H3,(H,29,31). The first-order valence-electron chi connectivity index (χ1n) is 11.7. The summed E-state index contributed by atoms with van der Waals surface area (Å²) < 4.78 is 31.9. The van der Waals surface area contributed by atoms with E-state index in [-0.39, 0.29) is 21.0 Å². The van der Waals surface area contributed by atoms with Crippen LogP contribution in [0.3, 0.4) is 0 Å². The molecule has 0 heterocycles. The number of carbonyl (C=O) groups excluding carboxylic acids is 1. The van der Waals surface area contributed by atoms with Gasteiger partial charge in [0, 0.05) is 12.1 Å². The summed E-state index contributed by atoms with van der Waals surface area (Å²) >= 11 is 0. The number of amides is 1. The third-order valence-electron chi connectivity index (χ3n) is 6.43. The minimum absolute atomic E-state index is 0.0151. The van der Waals surface area contributed by atoms with Crippen molar-refractivity contribution >= 4 is 21.4 Å². The molecule has 0 saturated heterocycles. The molecule has 0 aliphatic rings. The first-order chi connectivity index (χ1) is 17.2. The number of sulfone groups is 1. The maximum absolute atomic E-state index is 13.4. The smallest absolute Gasteiger partial charge is 0.274 e. The van der Waals surface area contributed by atoms with Crippen LogP contribution in [0, 0.1) is 6.92 Å². The fraction of sp³-hybridized carbons (Fsp3) is 0.296. The van der Waals surface area contributed by atoms with Crippen LogP contribution in [-0.2, 0) is 22.8 Å².